The van der Waals surface area contributed by atoms with E-state index in [1.54, 1.807) is 18.2 Å². The lowest BCUT2D eigenvalue weighted by Gasteiger charge is -2.13. The lowest BCUT2D eigenvalue weighted by Crippen LogP contribution is -2.12. The van der Waals surface area contributed by atoms with Gasteiger partial charge in [0.15, 0.2) is 5.78 Å². The molecule has 0 aliphatic rings. The minimum Gasteiger partial charge on any atom is -0.494 e. The van der Waals surface area contributed by atoms with Crippen molar-refractivity contribution in [2.45, 2.75) is 45.1 Å². The van der Waals surface area contributed by atoms with Gasteiger partial charge in [-0.25, -0.2) is 0 Å². The van der Waals surface area contributed by atoms with Gasteiger partial charge in [-0.1, -0.05) is 13.8 Å². The first-order valence-corrected chi connectivity index (χ1v) is 8.01. The molecule has 2 unspecified atom stereocenters. The lowest BCUT2D eigenvalue weighted by atomic mass is 10.1. The van der Waals surface area contributed by atoms with Crippen LogP contribution in [-0.4, -0.2) is 21.8 Å². The summed E-state index contributed by atoms with van der Waals surface area (Å²) in [5.74, 6) is 1.17. The van der Waals surface area contributed by atoms with Gasteiger partial charge in [-0.05, 0) is 38.5 Å². The summed E-state index contributed by atoms with van der Waals surface area (Å²) < 4.78 is 17.7. The molecule has 1 aromatic carbocycles. The molecule has 0 N–H and O–H groups in total. The number of hydrogen-bond donors (Lipinski definition) is 0. The second-order valence-electron chi connectivity index (χ2n) is 4.56. The molecule has 19 heavy (non-hydrogen) atoms. The SMILES string of the molecule is CCOc1ccc(C(C)=O)cc1CS(=O)C(C)CC. The van der Waals surface area contributed by atoms with E-state index < -0.39 is 10.8 Å². The Bertz CT molecular complexity index is 468. The van der Waals surface area contributed by atoms with E-state index in [-0.39, 0.29) is 11.0 Å². The third-order valence-electron chi connectivity index (χ3n) is 3.09. The van der Waals surface area contributed by atoms with E-state index in [9.17, 15) is 9.00 Å². The Morgan fingerprint density at radius 2 is 2.05 bits per heavy atom. The van der Waals surface area contributed by atoms with Crippen molar-refractivity contribution in [1.82, 2.24) is 0 Å². The molecule has 1 aromatic rings. The fourth-order valence-corrected chi connectivity index (χ4v) is 2.88. The van der Waals surface area contributed by atoms with Gasteiger partial charge in [0.05, 0.1) is 12.4 Å². The van der Waals surface area contributed by atoms with E-state index in [0.29, 0.717) is 17.9 Å². The third kappa shape index (κ3) is 4.46. The molecule has 1 rings (SSSR count). The van der Waals surface area contributed by atoms with Crippen LogP contribution < -0.4 is 4.74 Å². The number of ether oxygens (including phenoxy) is 1. The van der Waals surface area contributed by atoms with Gasteiger partial charge in [0.2, 0.25) is 0 Å². The number of hydrogen-bond acceptors (Lipinski definition) is 3. The maximum atomic E-state index is 12.2. The number of rotatable bonds is 7. The van der Waals surface area contributed by atoms with Crippen LogP contribution in [0.4, 0.5) is 0 Å². The Balaban J connectivity index is 3.03. The van der Waals surface area contributed by atoms with Crippen LogP contribution in [0.3, 0.4) is 0 Å². The van der Waals surface area contributed by atoms with Crippen LogP contribution >= 0.6 is 0 Å². The summed E-state index contributed by atoms with van der Waals surface area (Å²) in [6, 6.07) is 5.35. The van der Waals surface area contributed by atoms with Crippen LogP contribution in [0.25, 0.3) is 0 Å². The smallest absolute Gasteiger partial charge is 0.159 e. The molecule has 0 spiro atoms. The normalized spacial score (nSPS) is 13.9. The summed E-state index contributed by atoms with van der Waals surface area (Å²) >= 11 is 0. The molecule has 0 saturated heterocycles. The van der Waals surface area contributed by atoms with Crippen molar-refractivity contribution in [2.24, 2.45) is 0 Å². The molecule has 0 aliphatic carbocycles. The van der Waals surface area contributed by atoms with E-state index in [2.05, 4.69) is 0 Å². The highest BCUT2D eigenvalue weighted by Crippen LogP contribution is 2.23. The average Bonchev–Trinajstić information content (AvgIpc) is 2.39. The predicted molar refractivity (Wildman–Crippen MR) is 79.2 cm³/mol. The zero-order chi connectivity index (χ0) is 14.4. The van der Waals surface area contributed by atoms with Gasteiger partial charge in [-0.3, -0.25) is 9.00 Å². The van der Waals surface area contributed by atoms with Gasteiger partial charge in [0, 0.05) is 27.2 Å². The third-order valence-corrected chi connectivity index (χ3v) is 4.91. The highest BCUT2D eigenvalue weighted by atomic mass is 32.2. The highest BCUT2D eigenvalue weighted by molar-refractivity contribution is 7.84. The van der Waals surface area contributed by atoms with Gasteiger partial charge < -0.3 is 4.74 Å². The van der Waals surface area contributed by atoms with Gasteiger partial charge in [-0.15, -0.1) is 0 Å². The molecule has 0 bridgehead atoms. The number of carbonyl (C=O) groups is 1. The summed E-state index contributed by atoms with van der Waals surface area (Å²) in [7, 11) is -0.942. The van der Waals surface area contributed by atoms with Crippen molar-refractivity contribution >= 4 is 16.6 Å². The minimum absolute atomic E-state index is 0.0126. The van der Waals surface area contributed by atoms with Crippen molar-refractivity contribution in [1.29, 1.82) is 0 Å². The Morgan fingerprint density at radius 1 is 1.37 bits per heavy atom. The maximum absolute atomic E-state index is 12.2. The van der Waals surface area contributed by atoms with Crippen LogP contribution in [0.5, 0.6) is 5.75 Å². The Morgan fingerprint density at radius 3 is 2.58 bits per heavy atom. The summed E-state index contributed by atoms with van der Waals surface area (Å²) in [6.07, 6.45) is 0.878. The van der Waals surface area contributed by atoms with E-state index >= 15 is 0 Å². The molecular weight excluding hydrogens is 260 g/mol. The van der Waals surface area contributed by atoms with Crippen LogP contribution in [0.15, 0.2) is 18.2 Å². The topological polar surface area (TPSA) is 43.4 Å². The molecule has 0 fully saturated rings. The Kier molecular flexibility index (Phi) is 6.22. The fourth-order valence-electron chi connectivity index (χ4n) is 1.69. The predicted octanol–water partition coefficient (Wildman–Crippen LogP) is 3.34. The van der Waals surface area contributed by atoms with Gasteiger partial charge in [-0.2, -0.15) is 0 Å². The van der Waals surface area contributed by atoms with Crippen molar-refractivity contribution in [3.05, 3.63) is 29.3 Å². The average molecular weight is 282 g/mol. The molecule has 3 nitrogen and oxygen atoms in total. The maximum Gasteiger partial charge on any atom is 0.159 e. The van der Waals surface area contributed by atoms with Gasteiger partial charge in [0.1, 0.15) is 5.75 Å². The monoisotopic (exact) mass is 282 g/mol. The van der Waals surface area contributed by atoms with Crippen LogP contribution in [0.2, 0.25) is 0 Å². The van der Waals surface area contributed by atoms with Crippen molar-refractivity contribution in [2.75, 3.05) is 6.61 Å². The van der Waals surface area contributed by atoms with E-state index in [1.807, 2.05) is 20.8 Å². The molecule has 0 heterocycles. The molecule has 0 aliphatic heterocycles. The van der Waals surface area contributed by atoms with E-state index in [0.717, 1.165) is 17.7 Å². The molecule has 0 aromatic heterocycles. The van der Waals surface area contributed by atoms with Crippen LogP contribution in [0, 0.1) is 0 Å². The number of ketones is 1. The van der Waals surface area contributed by atoms with Crippen LogP contribution in [0.1, 0.15) is 50.0 Å². The van der Waals surface area contributed by atoms with E-state index in [4.69, 9.17) is 4.74 Å². The summed E-state index contributed by atoms with van der Waals surface area (Å²) in [4.78, 5) is 11.4. The first-order valence-electron chi connectivity index (χ1n) is 6.63. The summed E-state index contributed by atoms with van der Waals surface area (Å²) in [5.41, 5.74) is 1.49. The first-order chi connectivity index (χ1) is 8.99. The first kappa shape index (κ1) is 15.9. The van der Waals surface area contributed by atoms with Crippen LogP contribution in [-0.2, 0) is 16.6 Å². The highest BCUT2D eigenvalue weighted by Gasteiger charge is 2.14. The van der Waals surface area contributed by atoms with E-state index in [1.165, 1.54) is 6.92 Å². The van der Waals surface area contributed by atoms with Crippen molar-refractivity contribution in [3.63, 3.8) is 0 Å². The second-order valence-corrected chi connectivity index (χ2v) is 6.41. The number of benzene rings is 1. The summed E-state index contributed by atoms with van der Waals surface area (Å²) in [6.45, 7) is 8.01. The Hall–Kier alpha value is -1.16. The quantitative estimate of drug-likeness (QED) is 0.720. The Labute approximate surface area is 117 Å². The fraction of sp³-hybridized carbons (Fsp3) is 0.533. The molecule has 4 heteroatoms. The minimum atomic E-state index is -0.942. The molecule has 106 valence electrons. The molecule has 2 atom stereocenters. The molecule has 0 saturated carbocycles. The molecular formula is C15H22O3S. The number of Topliss-reactive ketones (excluding diaryl/α,β-unsaturated/α-hetero) is 1. The zero-order valence-corrected chi connectivity index (χ0v) is 12.9. The zero-order valence-electron chi connectivity index (χ0n) is 12.1. The molecule has 0 amide bonds. The summed E-state index contributed by atoms with van der Waals surface area (Å²) in [5, 5.41) is 0.149. The lowest BCUT2D eigenvalue weighted by molar-refractivity contribution is 0.101. The molecule has 0 radical (unpaired) electrons. The van der Waals surface area contributed by atoms with Crippen molar-refractivity contribution in [3.8, 4) is 5.75 Å². The van der Waals surface area contributed by atoms with Gasteiger partial charge in [0.25, 0.3) is 0 Å². The van der Waals surface area contributed by atoms with Gasteiger partial charge >= 0.3 is 0 Å². The largest absolute Gasteiger partial charge is 0.494 e. The second kappa shape index (κ2) is 7.43. The standard InChI is InChI=1S/C15H22O3S/c1-5-11(3)19(17)10-14-9-13(12(4)16)7-8-15(14)18-6-2/h7-9,11H,5-6,10H2,1-4H3. The number of carbonyl (C=O) groups excluding carboxylic acids is 1. The van der Waals surface area contributed by atoms with Crippen molar-refractivity contribution < 1.29 is 13.7 Å².